The highest BCUT2D eigenvalue weighted by molar-refractivity contribution is 5.49. The summed E-state index contributed by atoms with van der Waals surface area (Å²) in [4.78, 5) is 4.04. The Morgan fingerprint density at radius 3 is 2.65 bits per heavy atom. The summed E-state index contributed by atoms with van der Waals surface area (Å²) in [6, 6.07) is 8.95. The summed E-state index contributed by atoms with van der Waals surface area (Å²) in [5, 5.41) is 3.49. The topological polar surface area (TPSA) is 29.9 Å². The molecule has 2 rings (SSSR count). The van der Waals surface area contributed by atoms with Crippen molar-refractivity contribution in [2.45, 2.75) is 32.7 Å². The third kappa shape index (κ3) is 3.09. The fourth-order valence-corrected chi connectivity index (χ4v) is 1.93. The molecule has 0 radical (unpaired) electrons. The number of aromatic nitrogens is 2. The molecule has 1 atom stereocenters. The molecule has 1 unspecified atom stereocenters. The van der Waals surface area contributed by atoms with Crippen LogP contribution in [-0.2, 0) is 0 Å². The van der Waals surface area contributed by atoms with Crippen molar-refractivity contribution in [1.82, 2.24) is 9.55 Å². The van der Waals surface area contributed by atoms with E-state index >= 15 is 0 Å². The second-order valence-electron chi connectivity index (χ2n) is 4.35. The van der Waals surface area contributed by atoms with E-state index in [1.54, 1.807) is 6.20 Å². The zero-order valence-corrected chi connectivity index (χ0v) is 10.4. The first-order chi connectivity index (χ1) is 8.29. The molecule has 0 fully saturated rings. The van der Waals surface area contributed by atoms with Crippen LogP contribution in [0.3, 0.4) is 0 Å². The number of imidazole rings is 1. The van der Waals surface area contributed by atoms with E-state index in [4.69, 9.17) is 0 Å². The highest BCUT2D eigenvalue weighted by Gasteiger charge is 2.00. The van der Waals surface area contributed by atoms with Gasteiger partial charge in [0.25, 0.3) is 0 Å². The first-order valence-corrected chi connectivity index (χ1v) is 6.14. The van der Waals surface area contributed by atoms with E-state index < -0.39 is 0 Å². The molecular formula is C14H19N3. The molecule has 1 N–H and O–H groups in total. The molecule has 0 aliphatic rings. The van der Waals surface area contributed by atoms with Crippen molar-refractivity contribution in [3.05, 3.63) is 43.0 Å². The summed E-state index contributed by atoms with van der Waals surface area (Å²) >= 11 is 0. The molecule has 17 heavy (non-hydrogen) atoms. The molecule has 0 bridgehead atoms. The first kappa shape index (κ1) is 11.7. The molecule has 90 valence electrons. The fraction of sp³-hybridized carbons (Fsp3) is 0.357. The van der Waals surface area contributed by atoms with Crippen LogP contribution >= 0.6 is 0 Å². The third-order valence-electron chi connectivity index (χ3n) is 2.80. The lowest BCUT2D eigenvalue weighted by molar-refractivity contribution is 0.690. The lowest BCUT2D eigenvalue weighted by atomic mass is 10.2. The van der Waals surface area contributed by atoms with E-state index in [0.29, 0.717) is 6.04 Å². The largest absolute Gasteiger partial charge is 0.383 e. The van der Waals surface area contributed by atoms with Crippen LogP contribution in [0.1, 0.15) is 26.7 Å². The van der Waals surface area contributed by atoms with Crippen LogP contribution in [0.15, 0.2) is 43.0 Å². The van der Waals surface area contributed by atoms with Gasteiger partial charge in [0.05, 0.1) is 6.33 Å². The van der Waals surface area contributed by atoms with Crippen molar-refractivity contribution in [3.63, 3.8) is 0 Å². The third-order valence-corrected chi connectivity index (χ3v) is 2.80. The van der Waals surface area contributed by atoms with Crippen molar-refractivity contribution in [2.75, 3.05) is 5.32 Å². The van der Waals surface area contributed by atoms with Crippen LogP contribution in [-0.4, -0.2) is 15.6 Å². The van der Waals surface area contributed by atoms with Crippen molar-refractivity contribution in [2.24, 2.45) is 0 Å². The maximum atomic E-state index is 4.04. The Morgan fingerprint density at radius 2 is 2.06 bits per heavy atom. The van der Waals surface area contributed by atoms with Crippen molar-refractivity contribution >= 4 is 5.69 Å². The van der Waals surface area contributed by atoms with Gasteiger partial charge in [-0.05, 0) is 37.6 Å². The maximum Gasteiger partial charge on any atom is 0.0991 e. The average molecular weight is 229 g/mol. The molecule has 0 amide bonds. The average Bonchev–Trinajstić information content (AvgIpc) is 2.84. The van der Waals surface area contributed by atoms with E-state index in [-0.39, 0.29) is 0 Å². The quantitative estimate of drug-likeness (QED) is 0.850. The standard InChI is InChI=1S/C14H19N3/c1-3-4-12(2)16-13-5-7-14(8-6-13)17-10-9-15-11-17/h5-12,16H,3-4H2,1-2H3. The first-order valence-electron chi connectivity index (χ1n) is 6.14. The molecule has 0 saturated carbocycles. The van der Waals surface area contributed by atoms with E-state index in [1.165, 1.54) is 18.5 Å². The predicted octanol–water partition coefficient (Wildman–Crippen LogP) is 3.47. The Morgan fingerprint density at radius 1 is 1.29 bits per heavy atom. The van der Waals surface area contributed by atoms with Crippen LogP contribution in [0.2, 0.25) is 0 Å². The number of rotatable bonds is 5. The molecule has 0 saturated heterocycles. The molecule has 3 nitrogen and oxygen atoms in total. The van der Waals surface area contributed by atoms with Gasteiger partial charge < -0.3 is 9.88 Å². The number of nitrogens with zero attached hydrogens (tertiary/aromatic N) is 2. The highest BCUT2D eigenvalue weighted by Crippen LogP contribution is 2.14. The molecule has 3 heteroatoms. The SMILES string of the molecule is CCCC(C)Nc1ccc(-n2ccnc2)cc1. The fourth-order valence-electron chi connectivity index (χ4n) is 1.93. The van der Waals surface area contributed by atoms with Crippen molar-refractivity contribution in [3.8, 4) is 5.69 Å². The number of nitrogens with one attached hydrogen (secondary N) is 1. The lowest BCUT2D eigenvalue weighted by Gasteiger charge is -2.14. The van der Waals surface area contributed by atoms with Crippen LogP contribution in [0.5, 0.6) is 0 Å². The van der Waals surface area contributed by atoms with E-state index in [1.807, 2.05) is 17.1 Å². The van der Waals surface area contributed by atoms with Crippen molar-refractivity contribution in [1.29, 1.82) is 0 Å². The predicted molar refractivity (Wildman–Crippen MR) is 71.6 cm³/mol. The van der Waals surface area contributed by atoms with Crippen LogP contribution in [0, 0.1) is 0 Å². The van der Waals surface area contributed by atoms with Crippen molar-refractivity contribution < 1.29 is 0 Å². The van der Waals surface area contributed by atoms with Gasteiger partial charge in [0.1, 0.15) is 0 Å². The molecule has 2 aromatic rings. The zero-order chi connectivity index (χ0) is 12.1. The maximum absolute atomic E-state index is 4.04. The van der Waals surface area contributed by atoms with Crippen LogP contribution < -0.4 is 5.32 Å². The molecular weight excluding hydrogens is 210 g/mol. The second kappa shape index (κ2) is 5.53. The summed E-state index contributed by atoms with van der Waals surface area (Å²) in [6.07, 6.45) is 7.95. The van der Waals surface area contributed by atoms with Gasteiger partial charge in [-0.25, -0.2) is 4.98 Å². The monoisotopic (exact) mass is 229 g/mol. The Labute approximate surface area is 103 Å². The molecule has 1 heterocycles. The molecule has 0 aliphatic heterocycles. The second-order valence-corrected chi connectivity index (χ2v) is 4.35. The smallest absolute Gasteiger partial charge is 0.0991 e. The molecule has 1 aromatic carbocycles. The number of hydrogen-bond donors (Lipinski definition) is 1. The van der Waals surface area contributed by atoms with Gasteiger partial charge in [-0.1, -0.05) is 13.3 Å². The Balaban J connectivity index is 2.03. The summed E-state index contributed by atoms with van der Waals surface area (Å²) < 4.78 is 2.00. The molecule has 1 aromatic heterocycles. The Bertz CT molecular complexity index is 431. The lowest BCUT2D eigenvalue weighted by Crippen LogP contribution is -2.14. The normalized spacial score (nSPS) is 12.4. The Kier molecular flexibility index (Phi) is 3.81. The number of hydrogen-bond acceptors (Lipinski definition) is 2. The van der Waals surface area contributed by atoms with Gasteiger partial charge in [-0.2, -0.15) is 0 Å². The van der Waals surface area contributed by atoms with E-state index in [2.05, 4.69) is 48.4 Å². The van der Waals surface area contributed by atoms with Crippen LogP contribution in [0.4, 0.5) is 5.69 Å². The molecule has 0 aliphatic carbocycles. The van der Waals surface area contributed by atoms with E-state index in [0.717, 1.165) is 5.69 Å². The summed E-state index contributed by atoms with van der Waals surface area (Å²) in [5.74, 6) is 0. The van der Waals surface area contributed by atoms with E-state index in [9.17, 15) is 0 Å². The highest BCUT2D eigenvalue weighted by atomic mass is 15.0. The zero-order valence-electron chi connectivity index (χ0n) is 10.4. The Hall–Kier alpha value is -1.77. The number of benzene rings is 1. The van der Waals surface area contributed by atoms with Crippen LogP contribution in [0.25, 0.3) is 5.69 Å². The summed E-state index contributed by atoms with van der Waals surface area (Å²) in [7, 11) is 0. The minimum atomic E-state index is 0.527. The minimum Gasteiger partial charge on any atom is -0.383 e. The van der Waals surface area contributed by atoms with Gasteiger partial charge in [-0.3, -0.25) is 0 Å². The number of anilines is 1. The minimum absolute atomic E-state index is 0.527. The molecule has 0 spiro atoms. The summed E-state index contributed by atoms with van der Waals surface area (Å²) in [5.41, 5.74) is 2.31. The summed E-state index contributed by atoms with van der Waals surface area (Å²) in [6.45, 7) is 4.42. The van der Waals surface area contributed by atoms with Gasteiger partial charge in [0.15, 0.2) is 0 Å². The van der Waals surface area contributed by atoms with Gasteiger partial charge >= 0.3 is 0 Å². The van der Waals surface area contributed by atoms with Gasteiger partial charge in [-0.15, -0.1) is 0 Å². The van der Waals surface area contributed by atoms with Gasteiger partial charge in [0, 0.05) is 29.8 Å². The van der Waals surface area contributed by atoms with Gasteiger partial charge in [0.2, 0.25) is 0 Å².